The first kappa shape index (κ1) is 8.80. The van der Waals surface area contributed by atoms with Crippen LogP contribution in [0.1, 0.15) is 44.9 Å². The number of hydrogen-bond donors (Lipinski definition) is 0. The maximum absolute atomic E-state index is 3.73. The predicted molar refractivity (Wildman–Crippen MR) is 56.3 cm³/mol. The SMILES string of the molecule is Br/C(=C/C1CCCC1)C1CCC1. The molecule has 0 saturated heterocycles. The fraction of sp³-hybridized carbons (Fsp3) is 0.818. The molecule has 0 spiro atoms. The molecule has 0 unspecified atom stereocenters. The molecule has 0 aromatic heterocycles. The van der Waals surface area contributed by atoms with Gasteiger partial charge >= 0.3 is 0 Å². The van der Waals surface area contributed by atoms with Crippen LogP contribution in [0.15, 0.2) is 10.6 Å². The number of hydrogen-bond acceptors (Lipinski definition) is 0. The summed E-state index contributed by atoms with van der Waals surface area (Å²) < 4.78 is 1.51. The molecule has 0 nitrogen and oxygen atoms in total. The Labute approximate surface area is 83.6 Å². The summed E-state index contributed by atoms with van der Waals surface area (Å²) in [7, 11) is 0. The van der Waals surface area contributed by atoms with E-state index in [9.17, 15) is 0 Å². The Hall–Kier alpha value is 0.220. The van der Waals surface area contributed by atoms with E-state index in [1.807, 2.05) is 0 Å². The summed E-state index contributed by atoms with van der Waals surface area (Å²) in [5, 5.41) is 0. The van der Waals surface area contributed by atoms with E-state index < -0.39 is 0 Å². The molecular formula is C11H17Br. The van der Waals surface area contributed by atoms with E-state index in [-0.39, 0.29) is 0 Å². The molecule has 2 saturated carbocycles. The average molecular weight is 229 g/mol. The molecule has 2 rings (SSSR count). The summed E-state index contributed by atoms with van der Waals surface area (Å²) in [6, 6.07) is 0. The van der Waals surface area contributed by atoms with Gasteiger partial charge in [0.2, 0.25) is 0 Å². The highest BCUT2D eigenvalue weighted by Gasteiger charge is 2.21. The lowest BCUT2D eigenvalue weighted by Crippen LogP contribution is -2.11. The van der Waals surface area contributed by atoms with E-state index in [1.54, 1.807) is 0 Å². The van der Waals surface area contributed by atoms with Gasteiger partial charge < -0.3 is 0 Å². The van der Waals surface area contributed by atoms with Gasteiger partial charge in [-0.2, -0.15) is 0 Å². The van der Waals surface area contributed by atoms with Crippen molar-refractivity contribution in [1.82, 2.24) is 0 Å². The van der Waals surface area contributed by atoms with Crippen LogP contribution in [0, 0.1) is 11.8 Å². The van der Waals surface area contributed by atoms with Crippen LogP contribution in [0.4, 0.5) is 0 Å². The standard InChI is InChI=1S/C11H17Br/c12-11(10-6-3-7-10)8-9-4-1-2-5-9/h8-10H,1-7H2/b11-8+. The molecule has 0 bridgehead atoms. The van der Waals surface area contributed by atoms with Crippen LogP contribution < -0.4 is 0 Å². The highest BCUT2D eigenvalue weighted by Crippen LogP contribution is 2.38. The second-order valence-electron chi connectivity index (χ2n) is 4.22. The Balaban J connectivity index is 1.87. The summed E-state index contributed by atoms with van der Waals surface area (Å²) in [6.07, 6.45) is 12.5. The largest absolute Gasteiger partial charge is 0.0710 e. The Morgan fingerprint density at radius 3 is 2.17 bits per heavy atom. The Kier molecular flexibility index (Phi) is 2.90. The molecule has 2 aliphatic carbocycles. The molecule has 0 aromatic carbocycles. The first-order chi connectivity index (χ1) is 5.86. The van der Waals surface area contributed by atoms with Gasteiger partial charge in [0.05, 0.1) is 0 Å². The third-order valence-corrected chi connectivity index (χ3v) is 4.20. The van der Waals surface area contributed by atoms with Crippen molar-refractivity contribution in [3.8, 4) is 0 Å². The van der Waals surface area contributed by atoms with Gasteiger partial charge in [-0.15, -0.1) is 0 Å². The average Bonchev–Trinajstić information content (AvgIpc) is 2.34. The van der Waals surface area contributed by atoms with Crippen LogP contribution >= 0.6 is 15.9 Å². The van der Waals surface area contributed by atoms with Crippen molar-refractivity contribution in [2.45, 2.75) is 44.9 Å². The van der Waals surface area contributed by atoms with E-state index in [1.165, 1.54) is 49.4 Å². The number of rotatable bonds is 2. The minimum absolute atomic E-state index is 0.894. The van der Waals surface area contributed by atoms with Crippen LogP contribution in [-0.2, 0) is 0 Å². The van der Waals surface area contributed by atoms with E-state index in [0.717, 1.165) is 11.8 Å². The van der Waals surface area contributed by atoms with Crippen LogP contribution in [0.2, 0.25) is 0 Å². The van der Waals surface area contributed by atoms with E-state index in [4.69, 9.17) is 0 Å². The van der Waals surface area contributed by atoms with Crippen LogP contribution in [0.25, 0.3) is 0 Å². The summed E-state index contributed by atoms with van der Waals surface area (Å²) in [5.74, 6) is 1.80. The first-order valence-electron chi connectivity index (χ1n) is 5.23. The molecule has 68 valence electrons. The predicted octanol–water partition coefficient (Wildman–Crippen LogP) is 4.26. The lowest BCUT2D eigenvalue weighted by Gasteiger charge is -2.25. The van der Waals surface area contributed by atoms with Gasteiger partial charge in [-0.25, -0.2) is 0 Å². The lowest BCUT2D eigenvalue weighted by molar-refractivity contribution is 0.381. The van der Waals surface area contributed by atoms with Crippen LogP contribution in [0.3, 0.4) is 0 Å². The fourth-order valence-electron chi connectivity index (χ4n) is 2.17. The zero-order valence-electron chi connectivity index (χ0n) is 7.56. The molecule has 2 aliphatic rings. The Morgan fingerprint density at radius 1 is 1.00 bits per heavy atom. The van der Waals surface area contributed by atoms with Crippen molar-refractivity contribution in [2.24, 2.45) is 11.8 Å². The fourth-order valence-corrected chi connectivity index (χ4v) is 3.00. The molecular weight excluding hydrogens is 212 g/mol. The van der Waals surface area contributed by atoms with Crippen molar-refractivity contribution < 1.29 is 0 Å². The second kappa shape index (κ2) is 3.95. The van der Waals surface area contributed by atoms with E-state index >= 15 is 0 Å². The molecule has 0 atom stereocenters. The molecule has 0 aromatic rings. The highest BCUT2D eigenvalue weighted by atomic mass is 79.9. The van der Waals surface area contributed by atoms with Gasteiger partial charge in [0.1, 0.15) is 0 Å². The first-order valence-corrected chi connectivity index (χ1v) is 6.03. The minimum Gasteiger partial charge on any atom is -0.0710 e. The van der Waals surface area contributed by atoms with Gasteiger partial charge in [-0.1, -0.05) is 41.3 Å². The summed E-state index contributed by atoms with van der Waals surface area (Å²) in [5.41, 5.74) is 0. The summed E-state index contributed by atoms with van der Waals surface area (Å²) in [4.78, 5) is 0. The quantitative estimate of drug-likeness (QED) is 0.663. The van der Waals surface area contributed by atoms with Gasteiger partial charge in [-0.3, -0.25) is 0 Å². The molecule has 1 heteroatoms. The molecule has 0 N–H and O–H groups in total. The zero-order valence-corrected chi connectivity index (χ0v) is 9.15. The maximum Gasteiger partial charge on any atom is -0.00554 e. The third-order valence-electron chi connectivity index (χ3n) is 3.29. The van der Waals surface area contributed by atoms with E-state index in [0.29, 0.717) is 0 Å². The van der Waals surface area contributed by atoms with Gasteiger partial charge in [-0.05, 0) is 42.0 Å². The smallest absolute Gasteiger partial charge is 0.00554 e. The van der Waals surface area contributed by atoms with Crippen molar-refractivity contribution in [3.05, 3.63) is 10.6 Å². The van der Waals surface area contributed by atoms with Gasteiger partial charge in [0.25, 0.3) is 0 Å². The lowest BCUT2D eigenvalue weighted by atomic mass is 9.84. The molecule has 0 heterocycles. The highest BCUT2D eigenvalue weighted by molar-refractivity contribution is 9.11. The normalized spacial score (nSPS) is 27.6. The second-order valence-corrected chi connectivity index (χ2v) is 5.14. The van der Waals surface area contributed by atoms with Crippen molar-refractivity contribution >= 4 is 15.9 Å². The Bertz CT molecular complexity index is 173. The van der Waals surface area contributed by atoms with Crippen LogP contribution in [-0.4, -0.2) is 0 Å². The molecule has 0 radical (unpaired) electrons. The third kappa shape index (κ3) is 1.93. The van der Waals surface area contributed by atoms with E-state index in [2.05, 4.69) is 22.0 Å². The molecule has 12 heavy (non-hydrogen) atoms. The molecule has 0 amide bonds. The number of allylic oxidation sites excluding steroid dienone is 2. The summed E-state index contributed by atoms with van der Waals surface area (Å²) in [6.45, 7) is 0. The Morgan fingerprint density at radius 2 is 1.67 bits per heavy atom. The van der Waals surface area contributed by atoms with Crippen LogP contribution in [0.5, 0.6) is 0 Å². The van der Waals surface area contributed by atoms with Gasteiger partial charge in [0.15, 0.2) is 0 Å². The monoisotopic (exact) mass is 228 g/mol. The van der Waals surface area contributed by atoms with Crippen molar-refractivity contribution in [1.29, 1.82) is 0 Å². The maximum atomic E-state index is 3.73. The number of halogens is 1. The van der Waals surface area contributed by atoms with Crippen molar-refractivity contribution in [3.63, 3.8) is 0 Å². The molecule has 0 aliphatic heterocycles. The topological polar surface area (TPSA) is 0 Å². The van der Waals surface area contributed by atoms with Gasteiger partial charge in [0, 0.05) is 0 Å². The minimum atomic E-state index is 0.894. The molecule has 2 fully saturated rings. The summed E-state index contributed by atoms with van der Waals surface area (Å²) >= 11 is 3.73. The van der Waals surface area contributed by atoms with Crippen molar-refractivity contribution in [2.75, 3.05) is 0 Å². The zero-order chi connectivity index (χ0) is 8.39.